The van der Waals surface area contributed by atoms with Gasteiger partial charge in [0.25, 0.3) is 5.09 Å². The summed E-state index contributed by atoms with van der Waals surface area (Å²) in [4.78, 5) is 35.8. The van der Waals surface area contributed by atoms with E-state index in [2.05, 4.69) is 4.84 Å². The largest absolute Gasteiger partial charge is 0.455 e. The van der Waals surface area contributed by atoms with E-state index in [0.717, 1.165) is 6.92 Å². The van der Waals surface area contributed by atoms with Crippen LogP contribution in [0, 0.1) is 10.1 Å². The molecule has 0 spiro atoms. The van der Waals surface area contributed by atoms with E-state index in [4.69, 9.17) is 4.74 Å². The first kappa shape index (κ1) is 13.6. The van der Waals surface area contributed by atoms with Gasteiger partial charge in [0, 0.05) is 6.92 Å². The summed E-state index contributed by atoms with van der Waals surface area (Å²) in [6.45, 7) is 0.871. The number of carbonyl (C=O) groups excluding carboxylic acids is 2. The van der Waals surface area contributed by atoms with Crippen LogP contribution in [0.3, 0.4) is 0 Å². The molecular weight excluding hydrogens is 242 g/mol. The monoisotopic (exact) mass is 253 g/mol. The summed E-state index contributed by atoms with van der Waals surface area (Å²) < 4.78 is 4.71. The predicted octanol–water partition coefficient (Wildman–Crippen LogP) is 1.03. The Morgan fingerprint density at radius 2 is 1.89 bits per heavy atom. The molecule has 0 radical (unpaired) electrons. The lowest BCUT2D eigenvalue weighted by atomic mass is 10.1. The van der Waals surface area contributed by atoms with Crippen LogP contribution in [0.2, 0.25) is 0 Å². The van der Waals surface area contributed by atoms with Crippen molar-refractivity contribution < 1.29 is 24.3 Å². The van der Waals surface area contributed by atoms with Gasteiger partial charge in [-0.3, -0.25) is 4.79 Å². The Labute approximate surface area is 102 Å². The summed E-state index contributed by atoms with van der Waals surface area (Å²) in [5.41, 5.74) is 1.19. The van der Waals surface area contributed by atoms with E-state index in [1.807, 2.05) is 0 Å². The number of nitrogens with zero attached hydrogens (tertiary/aromatic N) is 1. The van der Waals surface area contributed by atoms with Crippen molar-refractivity contribution in [2.24, 2.45) is 0 Å². The molecule has 18 heavy (non-hydrogen) atoms. The molecule has 0 unspecified atom stereocenters. The van der Waals surface area contributed by atoms with E-state index in [-0.39, 0.29) is 13.2 Å². The van der Waals surface area contributed by atoms with Gasteiger partial charge in [-0.25, -0.2) is 4.79 Å². The van der Waals surface area contributed by atoms with Crippen molar-refractivity contribution in [2.45, 2.75) is 20.1 Å². The molecule has 7 nitrogen and oxygen atoms in total. The Balaban J connectivity index is 2.56. The molecule has 0 amide bonds. The first-order valence-corrected chi connectivity index (χ1v) is 5.02. The molecule has 1 aromatic carbocycles. The molecule has 0 fully saturated rings. The second-order valence-corrected chi connectivity index (χ2v) is 3.45. The highest BCUT2D eigenvalue weighted by molar-refractivity contribution is 6.32. The zero-order valence-corrected chi connectivity index (χ0v) is 9.62. The maximum atomic E-state index is 10.9. The molecule has 0 heterocycles. The van der Waals surface area contributed by atoms with Crippen LogP contribution in [0.1, 0.15) is 18.1 Å². The Bertz CT molecular complexity index is 470. The van der Waals surface area contributed by atoms with Crippen molar-refractivity contribution in [3.63, 3.8) is 0 Å². The van der Waals surface area contributed by atoms with Crippen molar-refractivity contribution in [3.8, 4) is 0 Å². The molecule has 0 saturated heterocycles. The highest BCUT2D eigenvalue weighted by Gasteiger charge is 2.09. The molecule has 0 aromatic heterocycles. The summed E-state index contributed by atoms with van der Waals surface area (Å²) in [7, 11) is 0. The Morgan fingerprint density at radius 3 is 2.44 bits per heavy atom. The van der Waals surface area contributed by atoms with Gasteiger partial charge in [0.15, 0.2) is 0 Å². The molecule has 7 heteroatoms. The van der Waals surface area contributed by atoms with Crippen LogP contribution < -0.4 is 0 Å². The Morgan fingerprint density at radius 1 is 1.28 bits per heavy atom. The van der Waals surface area contributed by atoms with Crippen molar-refractivity contribution in [1.82, 2.24) is 0 Å². The fourth-order valence-electron chi connectivity index (χ4n) is 1.19. The lowest BCUT2D eigenvalue weighted by Crippen LogP contribution is -2.13. The minimum absolute atomic E-state index is 0.0648. The van der Waals surface area contributed by atoms with E-state index in [9.17, 15) is 19.7 Å². The molecule has 0 aliphatic carbocycles. The highest BCUT2D eigenvalue weighted by atomic mass is 16.9. The fourth-order valence-corrected chi connectivity index (χ4v) is 1.19. The van der Waals surface area contributed by atoms with Crippen molar-refractivity contribution in [1.29, 1.82) is 0 Å². The third-order valence-corrected chi connectivity index (χ3v) is 1.99. The summed E-state index contributed by atoms with van der Waals surface area (Å²) in [5, 5.41) is 9.14. The second kappa shape index (κ2) is 6.33. The van der Waals surface area contributed by atoms with E-state index >= 15 is 0 Å². The zero-order valence-electron chi connectivity index (χ0n) is 9.62. The van der Waals surface area contributed by atoms with Gasteiger partial charge in [0.05, 0.1) is 0 Å². The maximum Gasteiger partial charge on any atom is 0.374 e. The molecule has 1 aromatic rings. The van der Waals surface area contributed by atoms with Crippen LogP contribution in [0.15, 0.2) is 24.3 Å². The minimum atomic E-state index is -0.915. The normalized spacial score (nSPS) is 9.61. The number of benzene rings is 1. The number of carbonyl (C=O) groups is 2. The summed E-state index contributed by atoms with van der Waals surface area (Å²) in [6, 6.07) is 6.55. The van der Waals surface area contributed by atoms with Gasteiger partial charge in [-0.1, -0.05) is 24.3 Å². The average Bonchev–Trinajstić information content (AvgIpc) is 2.33. The molecule has 0 aliphatic heterocycles. The molecule has 0 atom stereocenters. The minimum Gasteiger partial charge on any atom is -0.455 e. The van der Waals surface area contributed by atoms with Gasteiger partial charge < -0.3 is 9.57 Å². The molecule has 1 rings (SSSR count). The van der Waals surface area contributed by atoms with Crippen LogP contribution in [0.4, 0.5) is 0 Å². The van der Waals surface area contributed by atoms with Crippen LogP contribution >= 0.6 is 0 Å². The number of hydrogen-bond donors (Lipinski definition) is 0. The summed E-state index contributed by atoms with van der Waals surface area (Å²) >= 11 is 0. The van der Waals surface area contributed by atoms with E-state index in [0.29, 0.717) is 11.1 Å². The number of hydrogen-bond acceptors (Lipinski definition) is 6. The molecule has 0 bridgehead atoms. The number of Topliss-reactive ketones (excluding diaryl/α,β-unsaturated/α-hetero) is 1. The van der Waals surface area contributed by atoms with Gasteiger partial charge in [-0.05, 0) is 11.1 Å². The highest BCUT2D eigenvalue weighted by Crippen LogP contribution is 2.08. The fraction of sp³-hybridized carbons (Fsp3) is 0.273. The lowest BCUT2D eigenvalue weighted by Gasteiger charge is -2.05. The SMILES string of the molecule is CC(=O)C(=O)OCc1cccc(CO[N+](=O)[O-])c1. The van der Waals surface area contributed by atoms with Crippen molar-refractivity contribution in [2.75, 3.05) is 0 Å². The topological polar surface area (TPSA) is 95.7 Å². The second-order valence-electron chi connectivity index (χ2n) is 3.45. The number of esters is 1. The van der Waals surface area contributed by atoms with Gasteiger partial charge in [0.2, 0.25) is 5.78 Å². The molecule has 0 aliphatic rings. The molecule has 96 valence electrons. The average molecular weight is 253 g/mol. The van der Waals surface area contributed by atoms with Crippen LogP contribution in [0.5, 0.6) is 0 Å². The lowest BCUT2D eigenvalue weighted by molar-refractivity contribution is -0.763. The van der Waals surface area contributed by atoms with Crippen LogP contribution in [-0.4, -0.2) is 16.8 Å². The van der Waals surface area contributed by atoms with E-state index in [1.54, 1.807) is 24.3 Å². The molecule has 0 saturated carbocycles. The van der Waals surface area contributed by atoms with Gasteiger partial charge in [-0.15, -0.1) is 10.1 Å². The summed E-state index contributed by atoms with van der Waals surface area (Å²) in [5.74, 6) is -1.59. The van der Waals surface area contributed by atoms with E-state index in [1.165, 1.54) is 0 Å². The van der Waals surface area contributed by atoms with Gasteiger partial charge in [0.1, 0.15) is 13.2 Å². The van der Waals surface area contributed by atoms with Crippen molar-refractivity contribution >= 4 is 11.8 Å². The number of ketones is 1. The zero-order chi connectivity index (χ0) is 13.5. The third kappa shape index (κ3) is 4.60. The van der Waals surface area contributed by atoms with Gasteiger partial charge in [-0.2, -0.15) is 0 Å². The quantitative estimate of drug-likeness (QED) is 0.325. The first-order valence-electron chi connectivity index (χ1n) is 5.02. The standard InChI is InChI=1S/C11H11NO6/c1-8(13)11(14)17-6-9-3-2-4-10(5-9)7-18-12(15)16/h2-5H,6-7H2,1H3. The smallest absolute Gasteiger partial charge is 0.374 e. The molecular formula is C11H11NO6. The Kier molecular flexibility index (Phi) is 4.79. The van der Waals surface area contributed by atoms with E-state index < -0.39 is 16.8 Å². The molecule has 0 N–H and O–H groups in total. The maximum absolute atomic E-state index is 10.9. The first-order chi connectivity index (χ1) is 8.49. The number of ether oxygens (including phenoxy) is 1. The predicted molar refractivity (Wildman–Crippen MR) is 58.7 cm³/mol. The Hall–Kier alpha value is -2.44. The van der Waals surface area contributed by atoms with Gasteiger partial charge >= 0.3 is 5.97 Å². The third-order valence-electron chi connectivity index (χ3n) is 1.99. The summed E-state index contributed by atoms with van der Waals surface area (Å²) in [6.07, 6.45) is 0. The number of rotatable bonds is 6. The van der Waals surface area contributed by atoms with Crippen molar-refractivity contribution in [3.05, 3.63) is 45.5 Å². The van der Waals surface area contributed by atoms with Crippen LogP contribution in [0.25, 0.3) is 0 Å². The van der Waals surface area contributed by atoms with Crippen LogP contribution in [-0.2, 0) is 32.4 Å².